The Bertz CT molecular complexity index is 425. The first-order valence-electron chi connectivity index (χ1n) is 4.13. The van der Waals surface area contributed by atoms with Gasteiger partial charge in [-0.2, -0.15) is 10.1 Å². The van der Waals surface area contributed by atoms with Gasteiger partial charge in [0.25, 0.3) is 11.9 Å². The lowest BCUT2D eigenvalue weighted by atomic mass is 10.3. The number of hydrogen-bond donors (Lipinski definition) is 1. The Labute approximate surface area is 92.3 Å². The van der Waals surface area contributed by atoms with Crippen LogP contribution in [0.1, 0.15) is 19.2 Å². The Morgan fingerprint density at radius 2 is 2.00 bits per heavy atom. The Morgan fingerprint density at radius 1 is 1.33 bits per heavy atom. The summed E-state index contributed by atoms with van der Waals surface area (Å²) in [6.45, 7) is 3.48. The van der Waals surface area contributed by atoms with Crippen molar-refractivity contribution in [3.8, 4) is 0 Å². The predicted octanol–water partition coefficient (Wildman–Crippen LogP) is -3.58. The summed E-state index contributed by atoms with van der Waals surface area (Å²) < 4.78 is 1.24. The number of anilines is 1. The van der Waals surface area contributed by atoms with Crippen LogP contribution < -0.4 is 23.3 Å². The number of amides is 1. The van der Waals surface area contributed by atoms with Crippen molar-refractivity contribution in [2.45, 2.75) is 20.3 Å². The smallest absolute Gasteiger partial charge is 0.273 e. The summed E-state index contributed by atoms with van der Waals surface area (Å²) >= 11 is 0. The van der Waals surface area contributed by atoms with Crippen molar-refractivity contribution >= 4 is 17.6 Å². The van der Waals surface area contributed by atoms with Crippen LogP contribution >= 0.6 is 0 Å². The Kier molecular flexibility index (Phi) is 2.94. The lowest BCUT2D eigenvalue weighted by Gasteiger charge is -2.08. The van der Waals surface area contributed by atoms with Crippen LogP contribution in [0, 0.1) is 6.92 Å². The number of hydrazone groups is 1. The zero-order chi connectivity index (χ0) is 10.3. The van der Waals surface area contributed by atoms with Gasteiger partial charge in [-0.15, -0.1) is 10.2 Å². The quantitative estimate of drug-likeness (QED) is 0.505. The lowest BCUT2D eigenvalue weighted by molar-refractivity contribution is -0.117. The number of carbonyl (C=O) groups is 1. The largest absolute Gasteiger partial charge is 1.00 e. The molecule has 8 heteroatoms. The number of carbonyl (C=O) groups excluding carboxylic acids is 1. The summed E-state index contributed by atoms with van der Waals surface area (Å²) in [5.41, 5.74) is 0.746. The van der Waals surface area contributed by atoms with Gasteiger partial charge in [-0.05, 0) is 13.8 Å². The van der Waals surface area contributed by atoms with Gasteiger partial charge in [-0.25, -0.2) is 4.68 Å². The zero-order valence-corrected chi connectivity index (χ0v) is 9.06. The standard InChI is InChI=1S/C7H10N6O.ClH/c1-4-3-6(14)13(11-4)7-10-9-5(2)12(7)8;/h3,8H2,1-2H3;1H/p-1. The third-order valence-corrected chi connectivity index (χ3v) is 1.95. The molecule has 1 aromatic rings. The highest BCUT2D eigenvalue weighted by Gasteiger charge is 2.27. The van der Waals surface area contributed by atoms with Gasteiger partial charge in [-0.3, -0.25) is 4.79 Å². The van der Waals surface area contributed by atoms with E-state index < -0.39 is 0 Å². The van der Waals surface area contributed by atoms with Crippen LogP contribution in [-0.4, -0.2) is 26.5 Å². The molecule has 0 saturated heterocycles. The van der Waals surface area contributed by atoms with E-state index in [2.05, 4.69) is 15.3 Å². The number of aryl methyl sites for hydroxylation is 1. The second-order valence-corrected chi connectivity index (χ2v) is 3.13. The van der Waals surface area contributed by atoms with Crippen LogP contribution in [0.15, 0.2) is 5.10 Å². The second-order valence-electron chi connectivity index (χ2n) is 3.13. The number of hydrogen-bond acceptors (Lipinski definition) is 5. The average Bonchev–Trinajstić information content (AvgIpc) is 2.59. The Balaban J connectivity index is 0.00000112. The number of nitrogens with zero attached hydrogens (tertiary/aromatic N) is 5. The van der Waals surface area contributed by atoms with E-state index in [1.807, 2.05) is 0 Å². The Hall–Kier alpha value is -1.63. The monoisotopic (exact) mass is 229 g/mol. The molecule has 0 aliphatic carbocycles. The summed E-state index contributed by atoms with van der Waals surface area (Å²) in [5, 5.41) is 12.7. The topological polar surface area (TPSA) is 89.4 Å². The number of nitrogens with two attached hydrogens (primary N) is 1. The molecule has 7 nitrogen and oxygen atoms in total. The van der Waals surface area contributed by atoms with Gasteiger partial charge >= 0.3 is 0 Å². The number of aromatic nitrogens is 3. The van der Waals surface area contributed by atoms with Gasteiger partial charge in [0.2, 0.25) is 0 Å². The normalized spacial score (nSPS) is 15.2. The molecule has 0 unspecified atom stereocenters. The first-order chi connectivity index (χ1) is 6.59. The van der Waals surface area contributed by atoms with E-state index in [4.69, 9.17) is 5.84 Å². The second kappa shape index (κ2) is 3.85. The summed E-state index contributed by atoms with van der Waals surface area (Å²) in [7, 11) is 0. The summed E-state index contributed by atoms with van der Waals surface area (Å²) in [6, 6.07) is 0. The van der Waals surface area contributed by atoms with Gasteiger partial charge in [0.05, 0.1) is 6.42 Å². The van der Waals surface area contributed by atoms with Gasteiger partial charge in [0.15, 0.2) is 5.82 Å². The van der Waals surface area contributed by atoms with E-state index in [-0.39, 0.29) is 24.3 Å². The third-order valence-electron chi connectivity index (χ3n) is 1.95. The van der Waals surface area contributed by atoms with Crippen molar-refractivity contribution in [2.24, 2.45) is 5.10 Å². The minimum Gasteiger partial charge on any atom is -1.00 e. The van der Waals surface area contributed by atoms with Crippen molar-refractivity contribution < 1.29 is 17.2 Å². The van der Waals surface area contributed by atoms with E-state index >= 15 is 0 Å². The van der Waals surface area contributed by atoms with E-state index in [1.54, 1.807) is 13.8 Å². The van der Waals surface area contributed by atoms with Crippen molar-refractivity contribution in [1.29, 1.82) is 0 Å². The van der Waals surface area contributed by atoms with E-state index in [0.29, 0.717) is 12.2 Å². The summed E-state index contributed by atoms with van der Waals surface area (Å²) in [6.07, 6.45) is 0.311. The van der Waals surface area contributed by atoms with Gasteiger partial charge < -0.3 is 18.2 Å². The minimum absolute atomic E-state index is 0. The fraction of sp³-hybridized carbons (Fsp3) is 0.429. The number of nitrogen functional groups attached to an aromatic ring is 1. The highest BCUT2D eigenvalue weighted by atomic mass is 35.5. The highest BCUT2D eigenvalue weighted by molar-refractivity contribution is 6.11. The summed E-state index contributed by atoms with van der Waals surface area (Å²) in [5.74, 6) is 6.27. The molecule has 0 bridgehead atoms. The Morgan fingerprint density at radius 3 is 2.40 bits per heavy atom. The van der Waals surface area contributed by atoms with Crippen molar-refractivity contribution in [3.63, 3.8) is 0 Å². The molecular formula is C7H10ClN6O-. The van der Waals surface area contributed by atoms with Gasteiger partial charge in [-0.1, -0.05) is 0 Å². The molecule has 2 rings (SSSR count). The van der Waals surface area contributed by atoms with Gasteiger partial charge in [0, 0.05) is 5.71 Å². The highest BCUT2D eigenvalue weighted by Crippen LogP contribution is 2.16. The molecular weight excluding hydrogens is 220 g/mol. The molecule has 1 aliphatic rings. The molecule has 0 atom stereocenters. The molecule has 0 radical (unpaired) electrons. The molecule has 1 aromatic heterocycles. The predicted molar refractivity (Wildman–Crippen MR) is 50.1 cm³/mol. The van der Waals surface area contributed by atoms with Crippen molar-refractivity contribution in [2.75, 3.05) is 10.9 Å². The SMILES string of the molecule is CC1=NN(c2nnc(C)n2N)C(=O)C1.[Cl-]. The van der Waals surface area contributed by atoms with Crippen LogP contribution in [0.4, 0.5) is 5.95 Å². The molecule has 0 saturated carbocycles. The number of halogens is 1. The minimum atomic E-state index is -0.137. The lowest BCUT2D eigenvalue weighted by Crippen LogP contribution is -3.00. The third kappa shape index (κ3) is 1.78. The first kappa shape index (κ1) is 11.4. The fourth-order valence-electron chi connectivity index (χ4n) is 1.21. The van der Waals surface area contributed by atoms with Gasteiger partial charge in [0.1, 0.15) is 0 Å². The maximum Gasteiger partial charge on any atom is 0.273 e. The molecule has 0 fully saturated rings. The average molecular weight is 230 g/mol. The maximum atomic E-state index is 11.4. The van der Waals surface area contributed by atoms with Crippen LogP contribution in [0.5, 0.6) is 0 Å². The van der Waals surface area contributed by atoms with Crippen molar-refractivity contribution in [3.05, 3.63) is 5.82 Å². The molecule has 82 valence electrons. The molecule has 2 heterocycles. The first-order valence-corrected chi connectivity index (χ1v) is 4.13. The molecule has 2 N–H and O–H groups in total. The number of rotatable bonds is 1. The van der Waals surface area contributed by atoms with Crippen LogP contribution in [0.25, 0.3) is 0 Å². The summed E-state index contributed by atoms with van der Waals surface area (Å²) in [4.78, 5) is 11.4. The molecule has 1 amide bonds. The molecule has 1 aliphatic heterocycles. The van der Waals surface area contributed by atoms with Crippen molar-refractivity contribution in [1.82, 2.24) is 14.9 Å². The molecule has 0 aromatic carbocycles. The van der Waals surface area contributed by atoms with Crippen LogP contribution in [0.2, 0.25) is 0 Å². The van der Waals surface area contributed by atoms with E-state index in [9.17, 15) is 4.79 Å². The maximum absolute atomic E-state index is 11.4. The van der Waals surface area contributed by atoms with E-state index in [1.165, 1.54) is 9.69 Å². The van der Waals surface area contributed by atoms with E-state index in [0.717, 1.165) is 5.71 Å². The van der Waals surface area contributed by atoms with Crippen LogP contribution in [0.3, 0.4) is 0 Å². The fourth-order valence-corrected chi connectivity index (χ4v) is 1.21. The molecule has 15 heavy (non-hydrogen) atoms. The van der Waals surface area contributed by atoms with Crippen LogP contribution in [-0.2, 0) is 4.79 Å². The molecule has 0 spiro atoms. The zero-order valence-electron chi connectivity index (χ0n) is 8.31.